The van der Waals surface area contributed by atoms with Gasteiger partial charge in [0, 0.05) is 6.20 Å². The Hall–Kier alpha value is -2.44. The predicted octanol–water partition coefficient (Wildman–Crippen LogP) is 2.09. The Morgan fingerprint density at radius 3 is 2.61 bits per heavy atom. The zero-order chi connectivity index (χ0) is 13.9. The van der Waals surface area contributed by atoms with Gasteiger partial charge in [0.1, 0.15) is 0 Å². The van der Waals surface area contributed by atoms with Crippen molar-refractivity contribution in [3.63, 3.8) is 0 Å². The maximum absolute atomic E-state index is 13.0. The third kappa shape index (κ3) is 3.03. The summed E-state index contributed by atoms with van der Waals surface area (Å²) in [6.07, 6.45) is -5.30. The summed E-state index contributed by atoms with van der Waals surface area (Å²) in [6, 6.07) is 1.49. The van der Waals surface area contributed by atoms with Crippen LogP contribution in [-0.2, 0) is 6.42 Å². The quantitative estimate of drug-likeness (QED) is 0.361. The molecule has 0 spiro atoms. The Labute approximate surface area is 96.6 Å². The first kappa shape index (κ1) is 13.6. The highest BCUT2D eigenvalue weighted by Crippen LogP contribution is 2.36. The van der Waals surface area contributed by atoms with E-state index in [1.165, 1.54) is 6.07 Å². The first-order valence-corrected chi connectivity index (χ1v) is 4.20. The lowest BCUT2D eigenvalue weighted by Gasteiger charge is -2.10. The second kappa shape index (κ2) is 4.82. The number of ether oxygens (including phenoxy) is 1. The van der Waals surface area contributed by atoms with E-state index in [2.05, 4.69) is 9.72 Å². The number of nitriles is 1. The van der Waals surface area contributed by atoms with E-state index in [1.807, 2.05) is 0 Å². The van der Waals surface area contributed by atoms with Gasteiger partial charge in [-0.3, -0.25) is 10.1 Å². The lowest BCUT2D eigenvalue weighted by molar-refractivity contribution is -0.389. The van der Waals surface area contributed by atoms with Gasteiger partial charge in [-0.2, -0.15) is 9.65 Å². The zero-order valence-electron chi connectivity index (χ0n) is 8.36. The average molecular weight is 265 g/mol. The molecule has 0 aliphatic rings. The molecule has 0 bridgehead atoms. The standard InChI is InChI=1S/C8H3F4N3O3/c9-7-6(18-8(10,11)12)5(15(16)17)4(1-2-13)3-14-7/h3H,1H2. The van der Waals surface area contributed by atoms with Crippen LogP contribution in [0.4, 0.5) is 23.2 Å². The number of hydrogen-bond donors (Lipinski definition) is 0. The fraction of sp³-hybridized carbons (Fsp3) is 0.250. The number of alkyl halides is 3. The number of halogens is 4. The minimum atomic E-state index is -5.31. The molecule has 1 heterocycles. The smallest absolute Gasteiger partial charge is 0.393 e. The van der Waals surface area contributed by atoms with E-state index in [-0.39, 0.29) is 0 Å². The highest BCUT2D eigenvalue weighted by Gasteiger charge is 2.38. The third-order valence-corrected chi connectivity index (χ3v) is 1.71. The molecule has 0 saturated carbocycles. The summed E-state index contributed by atoms with van der Waals surface area (Å²) in [5, 5.41) is 19.0. The maximum Gasteiger partial charge on any atom is 0.573 e. The van der Waals surface area contributed by atoms with Crippen molar-refractivity contribution in [2.75, 3.05) is 0 Å². The average Bonchev–Trinajstić information content (AvgIpc) is 2.21. The van der Waals surface area contributed by atoms with Crippen molar-refractivity contribution in [2.24, 2.45) is 0 Å². The van der Waals surface area contributed by atoms with Gasteiger partial charge in [-0.15, -0.1) is 13.2 Å². The molecular weight excluding hydrogens is 262 g/mol. The lowest BCUT2D eigenvalue weighted by Crippen LogP contribution is -2.19. The van der Waals surface area contributed by atoms with E-state index in [9.17, 15) is 27.7 Å². The molecule has 18 heavy (non-hydrogen) atoms. The van der Waals surface area contributed by atoms with Crippen molar-refractivity contribution in [3.05, 3.63) is 27.8 Å². The minimum Gasteiger partial charge on any atom is -0.393 e. The van der Waals surface area contributed by atoms with Gasteiger partial charge in [-0.1, -0.05) is 0 Å². The number of hydrogen-bond acceptors (Lipinski definition) is 5. The highest BCUT2D eigenvalue weighted by atomic mass is 19.4. The maximum atomic E-state index is 13.0. The Kier molecular flexibility index (Phi) is 3.65. The lowest BCUT2D eigenvalue weighted by atomic mass is 10.2. The molecule has 0 amide bonds. The molecule has 0 fully saturated rings. The fourth-order valence-electron chi connectivity index (χ4n) is 1.12. The normalized spacial score (nSPS) is 10.8. The summed E-state index contributed by atoms with van der Waals surface area (Å²) in [5.74, 6) is -3.43. The molecular formula is C8H3F4N3O3. The van der Waals surface area contributed by atoms with Crippen LogP contribution in [0.3, 0.4) is 0 Å². The van der Waals surface area contributed by atoms with E-state index < -0.39 is 40.7 Å². The molecule has 0 N–H and O–H groups in total. The van der Waals surface area contributed by atoms with Gasteiger partial charge in [0.05, 0.1) is 23.0 Å². The molecule has 0 atom stereocenters. The van der Waals surface area contributed by atoms with Crippen LogP contribution in [0.5, 0.6) is 5.75 Å². The van der Waals surface area contributed by atoms with Crippen LogP contribution in [0.2, 0.25) is 0 Å². The van der Waals surface area contributed by atoms with Gasteiger partial charge >= 0.3 is 12.0 Å². The second-order valence-corrected chi connectivity index (χ2v) is 2.89. The Bertz CT molecular complexity index is 524. The fourth-order valence-corrected chi connectivity index (χ4v) is 1.12. The molecule has 0 radical (unpaired) electrons. The SMILES string of the molecule is N#CCc1cnc(F)c(OC(F)(F)F)c1[N+](=O)[O-]. The van der Waals surface area contributed by atoms with Gasteiger partial charge in [-0.05, 0) is 0 Å². The van der Waals surface area contributed by atoms with Crippen molar-refractivity contribution in [3.8, 4) is 11.8 Å². The summed E-state index contributed by atoms with van der Waals surface area (Å²) in [4.78, 5) is 12.2. The summed E-state index contributed by atoms with van der Waals surface area (Å²) in [7, 11) is 0. The van der Waals surface area contributed by atoms with E-state index in [0.717, 1.165) is 0 Å². The molecule has 96 valence electrons. The molecule has 10 heteroatoms. The number of nitro groups is 1. The van der Waals surface area contributed by atoms with Crippen molar-refractivity contribution >= 4 is 5.69 Å². The molecule has 0 unspecified atom stereocenters. The van der Waals surface area contributed by atoms with Gasteiger partial charge in [0.2, 0.25) is 0 Å². The summed E-state index contributed by atoms with van der Waals surface area (Å²) in [6.45, 7) is 0. The molecule has 1 aromatic rings. The van der Waals surface area contributed by atoms with Gasteiger partial charge < -0.3 is 4.74 Å². The number of rotatable bonds is 3. The first-order chi connectivity index (χ1) is 8.26. The van der Waals surface area contributed by atoms with Crippen LogP contribution in [-0.4, -0.2) is 16.3 Å². The van der Waals surface area contributed by atoms with E-state index in [1.54, 1.807) is 0 Å². The summed E-state index contributed by atoms with van der Waals surface area (Å²) in [5.41, 5.74) is -1.73. The molecule has 0 aliphatic heterocycles. The molecule has 1 aromatic heterocycles. The molecule has 1 rings (SSSR count). The minimum absolute atomic E-state index is 0.469. The Balaban J connectivity index is 3.42. The van der Waals surface area contributed by atoms with Crippen LogP contribution in [0.15, 0.2) is 6.20 Å². The number of aromatic nitrogens is 1. The predicted molar refractivity (Wildman–Crippen MR) is 46.8 cm³/mol. The van der Waals surface area contributed by atoms with E-state index >= 15 is 0 Å². The Morgan fingerprint density at radius 1 is 1.56 bits per heavy atom. The van der Waals surface area contributed by atoms with Gasteiger partial charge in [-0.25, -0.2) is 4.98 Å². The van der Waals surface area contributed by atoms with Crippen molar-refractivity contribution in [1.82, 2.24) is 4.98 Å². The zero-order valence-corrected chi connectivity index (χ0v) is 8.36. The second-order valence-electron chi connectivity index (χ2n) is 2.89. The van der Waals surface area contributed by atoms with Crippen molar-refractivity contribution in [1.29, 1.82) is 5.26 Å². The van der Waals surface area contributed by atoms with E-state index in [4.69, 9.17) is 5.26 Å². The monoisotopic (exact) mass is 265 g/mol. The molecule has 6 nitrogen and oxygen atoms in total. The third-order valence-electron chi connectivity index (χ3n) is 1.71. The van der Waals surface area contributed by atoms with Crippen LogP contribution < -0.4 is 4.74 Å². The number of nitrogens with zero attached hydrogens (tertiary/aromatic N) is 3. The largest absolute Gasteiger partial charge is 0.573 e. The van der Waals surface area contributed by atoms with Crippen molar-refractivity contribution in [2.45, 2.75) is 12.8 Å². The number of pyridine rings is 1. The van der Waals surface area contributed by atoms with Crippen LogP contribution >= 0.6 is 0 Å². The summed E-state index contributed by atoms with van der Waals surface area (Å²) < 4.78 is 52.2. The molecule has 0 saturated heterocycles. The molecule has 0 aliphatic carbocycles. The molecule has 0 aromatic carbocycles. The Morgan fingerprint density at radius 2 is 2.17 bits per heavy atom. The summed E-state index contributed by atoms with van der Waals surface area (Å²) >= 11 is 0. The highest BCUT2D eigenvalue weighted by molar-refractivity contribution is 5.52. The van der Waals surface area contributed by atoms with Crippen LogP contribution in [0.1, 0.15) is 5.56 Å². The van der Waals surface area contributed by atoms with Gasteiger partial charge in [0.25, 0.3) is 11.7 Å². The van der Waals surface area contributed by atoms with E-state index in [0.29, 0.717) is 6.20 Å². The van der Waals surface area contributed by atoms with Crippen molar-refractivity contribution < 1.29 is 27.2 Å². The van der Waals surface area contributed by atoms with Gasteiger partial charge in [0.15, 0.2) is 0 Å². The van der Waals surface area contributed by atoms with Crippen LogP contribution in [0.25, 0.3) is 0 Å². The topological polar surface area (TPSA) is 89.0 Å². The van der Waals surface area contributed by atoms with Crippen LogP contribution in [0, 0.1) is 27.4 Å². The first-order valence-electron chi connectivity index (χ1n) is 4.20.